The van der Waals surface area contributed by atoms with Crippen molar-refractivity contribution in [1.82, 2.24) is 19.5 Å². The molecule has 0 aromatic carbocycles. The van der Waals surface area contributed by atoms with Crippen molar-refractivity contribution in [2.75, 3.05) is 31.3 Å². The van der Waals surface area contributed by atoms with Crippen LogP contribution in [0.4, 0.5) is 10.2 Å². The average Bonchev–Trinajstić information content (AvgIpc) is 3.39. The number of anilines is 1. The number of hydrogen-bond acceptors (Lipinski definition) is 7. The highest BCUT2D eigenvalue weighted by atomic mass is 19.1. The number of amides is 1. The van der Waals surface area contributed by atoms with Crippen LogP contribution in [-0.2, 0) is 16.1 Å². The molecule has 3 N–H and O–H groups in total. The third-order valence-corrected chi connectivity index (χ3v) is 5.53. The summed E-state index contributed by atoms with van der Waals surface area (Å²) >= 11 is 0. The average molecular weight is 378 g/mol. The fourth-order valence-corrected chi connectivity index (χ4v) is 4.03. The van der Waals surface area contributed by atoms with Gasteiger partial charge in [-0.25, -0.2) is 19.3 Å². The van der Waals surface area contributed by atoms with Gasteiger partial charge in [-0.1, -0.05) is 0 Å². The van der Waals surface area contributed by atoms with Crippen LogP contribution in [0.15, 0.2) is 12.7 Å². The largest absolute Gasteiger partial charge is 0.396 e. The molecule has 0 saturated carbocycles. The normalized spacial score (nSPS) is 26.7. The second-order valence-electron chi connectivity index (χ2n) is 7.24. The summed E-state index contributed by atoms with van der Waals surface area (Å²) in [5.74, 6) is 0.151. The number of ether oxygens (including phenoxy) is 1. The minimum Gasteiger partial charge on any atom is -0.396 e. The molecule has 1 amide bonds. The van der Waals surface area contributed by atoms with Crippen LogP contribution in [-0.4, -0.2) is 69.1 Å². The number of carbonyl (C=O) groups is 1. The van der Waals surface area contributed by atoms with Gasteiger partial charge in [0.1, 0.15) is 18.5 Å². The minimum absolute atomic E-state index is 0.0312. The highest BCUT2D eigenvalue weighted by molar-refractivity contribution is 5.89. The molecule has 2 saturated heterocycles. The van der Waals surface area contributed by atoms with Crippen LogP contribution >= 0.6 is 0 Å². The quantitative estimate of drug-likeness (QED) is 0.719. The van der Waals surface area contributed by atoms with Crippen LogP contribution < -0.4 is 10.6 Å². The van der Waals surface area contributed by atoms with Gasteiger partial charge in [0.2, 0.25) is 5.91 Å². The van der Waals surface area contributed by atoms with Gasteiger partial charge in [-0.3, -0.25) is 4.79 Å². The molecule has 0 spiro atoms. The van der Waals surface area contributed by atoms with E-state index in [9.17, 15) is 14.3 Å². The van der Waals surface area contributed by atoms with E-state index in [1.165, 1.54) is 6.33 Å². The van der Waals surface area contributed by atoms with E-state index in [-0.39, 0.29) is 25.5 Å². The van der Waals surface area contributed by atoms with Gasteiger partial charge in [0, 0.05) is 38.7 Å². The maximum Gasteiger partial charge on any atom is 0.240 e. The molecule has 27 heavy (non-hydrogen) atoms. The molecule has 0 bridgehead atoms. The van der Waals surface area contributed by atoms with E-state index < -0.39 is 18.1 Å². The maximum atomic E-state index is 13.9. The lowest BCUT2D eigenvalue weighted by atomic mass is 9.92. The summed E-state index contributed by atoms with van der Waals surface area (Å²) in [5.41, 5.74) is 6.52. The molecule has 9 nitrogen and oxygen atoms in total. The molecule has 2 aliphatic rings. The monoisotopic (exact) mass is 378 g/mol. The Morgan fingerprint density at radius 1 is 1.44 bits per heavy atom. The number of primary amides is 1. The van der Waals surface area contributed by atoms with Crippen LogP contribution in [0.2, 0.25) is 0 Å². The molecule has 2 aromatic rings. The molecule has 2 fully saturated rings. The van der Waals surface area contributed by atoms with E-state index in [0.717, 1.165) is 6.42 Å². The summed E-state index contributed by atoms with van der Waals surface area (Å²) in [5, 5.41) is 9.79. The lowest BCUT2D eigenvalue weighted by Gasteiger charge is -2.23. The molecule has 4 heterocycles. The number of nitrogens with zero attached hydrogens (tertiary/aromatic N) is 5. The molecule has 2 aliphatic heterocycles. The van der Waals surface area contributed by atoms with Crippen molar-refractivity contribution in [1.29, 1.82) is 0 Å². The zero-order chi connectivity index (χ0) is 19.0. The van der Waals surface area contributed by atoms with Crippen molar-refractivity contribution in [3.05, 3.63) is 12.7 Å². The number of carbonyl (C=O) groups excluding carboxylic acids is 1. The first-order valence-corrected chi connectivity index (χ1v) is 9.13. The topological polar surface area (TPSA) is 119 Å². The number of imidazole rings is 1. The first-order valence-electron chi connectivity index (χ1n) is 9.13. The van der Waals surface area contributed by atoms with Gasteiger partial charge >= 0.3 is 0 Å². The zero-order valence-corrected chi connectivity index (χ0v) is 14.9. The number of hydrogen-bond donors (Lipinski definition) is 2. The van der Waals surface area contributed by atoms with Crippen molar-refractivity contribution in [3.63, 3.8) is 0 Å². The Balaban J connectivity index is 1.64. The fourth-order valence-electron chi connectivity index (χ4n) is 4.03. The Morgan fingerprint density at radius 2 is 2.30 bits per heavy atom. The highest BCUT2D eigenvalue weighted by Crippen LogP contribution is 2.31. The molecule has 0 radical (unpaired) electrons. The second kappa shape index (κ2) is 7.35. The Hall–Kier alpha value is -2.33. The predicted octanol–water partition coefficient (Wildman–Crippen LogP) is -0.127. The number of rotatable bonds is 6. The van der Waals surface area contributed by atoms with E-state index in [1.54, 1.807) is 11.2 Å². The van der Waals surface area contributed by atoms with E-state index in [4.69, 9.17) is 10.5 Å². The molecular weight excluding hydrogens is 355 g/mol. The van der Waals surface area contributed by atoms with E-state index >= 15 is 0 Å². The zero-order valence-electron chi connectivity index (χ0n) is 14.9. The highest BCUT2D eigenvalue weighted by Gasteiger charge is 2.38. The number of aliphatic hydroxyl groups excluding tert-OH is 1. The summed E-state index contributed by atoms with van der Waals surface area (Å²) in [7, 11) is 0. The standard InChI is InChI=1S/C17H23FN6O3/c18-12-3-13(15(19)26)24(5-12)17-14-16(20-8-21-17)23(9-22-14)4-11(6-25)10-1-2-27-7-10/h8-13,25H,1-7H2,(H2,19,26)/t10?,11?,12-,13+/m1/s1. The van der Waals surface area contributed by atoms with Crippen molar-refractivity contribution in [3.8, 4) is 0 Å². The first kappa shape index (κ1) is 18.1. The lowest BCUT2D eigenvalue weighted by Crippen LogP contribution is -2.40. The number of fused-ring (bicyclic) bond motifs is 1. The number of aliphatic hydroxyl groups is 1. The first-order chi connectivity index (χ1) is 13.1. The van der Waals surface area contributed by atoms with Crippen molar-refractivity contribution >= 4 is 22.9 Å². The number of nitrogens with two attached hydrogens (primary N) is 1. The summed E-state index contributed by atoms with van der Waals surface area (Å²) in [6.07, 6.45) is 2.85. The molecule has 0 aliphatic carbocycles. The smallest absolute Gasteiger partial charge is 0.240 e. The molecule has 4 rings (SSSR count). The SMILES string of the molecule is NC(=O)[C@@H]1C[C@@H](F)CN1c1ncnc2c1ncn2CC(CO)C1CCOC1. The van der Waals surface area contributed by atoms with Crippen molar-refractivity contribution < 1.29 is 19.0 Å². The third-order valence-electron chi connectivity index (χ3n) is 5.53. The number of aromatic nitrogens is 4. The molecule has 4 atom stereocenters. The van der Waals surface area contributed by atoms with Gasteiger partial charge in [0.05, 0.1) is 12.9 Å². The molecule has 10 heteroatoms. The van der Waals surface area contributed by atoms with Gasteiger partial charge in [-0.2, -0.15) is 0 Å². The van der Waals surface area contributed by atoms with Gasteiger partial charge in [-0.15, -0.1) is 0 Å². The van der Waals surface area contributed by atoms with Gasteiger partial charge in [0.25, 0.3) is 0 Å². The summed E-state index contributed by atoms with van der Waals surface area (Å²) in [4.78, 5) is 26.2. The van der Waals surface area contributed by atoms with Crippen LogP contribution in [0.5, 0.6) is 0 Å². The molecule has 2 unspecified atom stereocenters. The maximum absolute atomic E-state index is 13.9. The Kier molecular flexibility index (Phi) is 4.92. The number of halogens is 1. The van der Waals surface area contributed by atoms with Gasteiger partial charge < -0.3 is 25.0 Å². The summed E-state index contributed by atoms with van der Waals surface area (Å²) in [6, 6.07) is -0.746. The fraction of sp³-hybridized carbons (Fsp3) is 0.647. The van der Waals surface area contributed by atoms with Crippen molar-refractivity contribution in [2.45, 2.75) is 31.6 Å². The Morgan fingerprint density at radius 3 is 3.00 bits per heavy atom. The molecular formula is C17H23FN6O3. The van der Waals surface area contributed by atoms with Gasteiger partial charge in [0.15, 0.2) is 17.0 Å². The van der Waals surface area contributed by atoms with Crippen LogP contribution in [0, 0.1) is 11.8 Å². The van der Waals surface area contributed by atoms with E-state index in [0.29, 0.717) is 42.7 Å². The lowest BCUT2D eigenvalue weighted by molar-refractivity contribution is -0.119. The van der Waals surface area contributed by atoms with Crippen molar-refractivity contribution in [2.24, 2.45) is 17.6 Å². The summed E-state index contributed by atoms with van der Waals surface area (Å²) < 4.78 is 21.2. The molecule has 2 aromatic heterocycles. The van der Waals surface area contributed by atoms with E-state index in [1.807, 2.05) is 4.57 Å². The predicted molar refractivity (Wildman–Crippen MR) is 94.7 cm³/mol. The third kappa shape index (κ3) is 3.34. The Bertz CT molecular complexity index is 824. The van der Waals surface area contributed by atoms with Crippen LogP contribution in [0.25, 0.3) is 11.2 Å². The van der Waals surface area contributed by atoms with Crippen LogP contribution in [0.1, 0.15) is 12.8 Å². The Labute approximate surface area is 155 Å². The van der Waals surface area contributed by atoms with Crippen LogP contribution in [0.3, 0.4) is 0 Å². The van der Waals surface area contributed by atoms with E-state index in [2.05, 4.69) is 15.0 Å². The summed E-state index contributed by atoms with van der Waals surface area (Å²) in [6.45, 7) is 1.99. The second-order valence-corrected chi connectivity index (χ2v) is 7.24. The molecule has 146 valence electrons. The number of alkyl halides is 1. The minimum atomic E-state index is -1.14. The van der Waals surface area contributed by atoms with Gasteiger partial charge in [-0.05, 0) is 12.3 Å².